The number of amides is 1. The molecule has 8 heteroatoms. The lowest BCUT2D eigenvalue weighted by molar-refractivity contribution is 0.187. The zero-order chi connectivity index (χ0) is 18.9. The fourth-order valence-corrected chi connectivity index (χ4v) is 2.15. The van der Waals surface area contributed by atoms with Gasteiger partial charge < -0.3 is 19.8 Å². The van der Waals surface area contributed by atoms with Gasteiger partial charge in [-0.3, -0.25) is 5.32 Å². The minimum atomic E-state index is -0.494. The van der Waals surface area contributed by atoms with Crippen molar-refractivity contribution in [3.8, 4) is 0 Å². The molecule has 0 fully saturated rings. The Hall–Kier alpha value is -3.03. The molecule has 0 bridgehead atoms. The molecular weight excluding hydrogens is 334 g/mol. The van der Waals surface area contributed by atoms with Gasteiger partial charge in [-0.1, -0.05) is 12.1 Å². The molecule has 1 heterocycles. The van der Waals surface area contributed by atoms with Gasteiger partial charge in [-0.05, 0) is 38.5 Å². The summed E-state index contributed by atoms with van der Waals surface area (Å²) in [4.78, 5) is 20.1. The number of aryl methyl sites for hydroxylation is 2. The molecule has 0 aliphatic heterocycles. The van der Waals surface area contributed by atoms with E-state index in [1.165, 1.54) is 7.11 Å². The second-order valence-electron chi connectivity index (χ2n) is 5.61. The van der Waals surface area contributed by atoms with E-state index in [4.69, 9.17) is 4.42 Å². The Morgan fingerprint density at radius 1 is 1.23 bits per heavy atom. The Bertz CT molecular complexity index is 733. The van der Waals surface area contributed by atoms with E-state index in [2.05, 4.69) is 30.7 Å². The lowest BCUT2D eigenvalue weighted by atomic mass is 10.2. The number of carbonyl (C=O) groups excluding carboxylic acids is 1. The van der Waals surface area contributed by atoms with Crippen molar-refractivity contribution in [2.45, 2.75) is 33.9 Å². The van der Waals surface area contributed by atoms with Crippen molar-refractivity contribution < 1.29 is 13.9 Å². The van der Waals surface area contributed by atoms with Crippen LogP contribution < -0.4 is 16.0 Å². The van der Waals surface area contributed by atoms with Gasteiger partial charge in [-0.2, -0.15) is 0 Å². The molecule has 0 aliphatic carbocycles. The fraction of sp³-hybridized carbons (Fsp3) is 0.389. The molecule has 2 rings (SSSR count). The van der Waals surface area contributed by atoms with Crippen LogP contribution in [-0.2, 0) is 17.8 Å². The Morgan fingerprint density at radius 3 is 2.54 bits per heavy atom. The Balaban J connectivity index is 1.94. The average molecular weight is 359 g/mol. The minimum absolute atomic E-state index is 0.461. The van der Waals surface area contributed by atoms with E-state index >= 15 is 0 Å². The van der Waals surface area contributed by atoms with Crippen molar-refractivity contribution in [2.24, 2.45) is 4.99 Å². The molecule has 8 nitrogen and oxygen atoms in total. The zero-order valence-corrected chi connectivity index (χ0v) is 15.5. The summed E-state index contributed by atoms with van der Waals surface area (Å²) in [5.74, 6) is 2.13. The zero-order valence-electron chi connectivity index (χ0n) is 15.5. The maximum Gasteiger partial charge on any atom is 0.411 e. The molecule has 140 valence electrons. The van der Waals surface area contributed by atoms with Crippen molar-refractivity contribution in [3.63, 3.8) is 0 Å². The SMILES string of the molecule is CCNC(=NCc1ccc(NC(=O)OC)cc1)NCc1nc(C)c(C)o1. The average Bonchev–Trinajstić information content (AvgIpc) is 2.96. The fourth-order valence-electron chi connectivity index (χ4n) is 2.15. The predicted molar refractivity (Wildman–Crippen MR) is 100 cm³/mol. The molecule has 1 aromatic carbocycles. The maximum absolute atomic E-state index is 11.2. The van der Waals surface area contributed by atoms with Crippen LogP contribution in [0, 0.1) is 13.8 Å². The van der Waals surface area contributed by atoms with Gasteiger partial charge in [0.05, 0.1) is 25.9 Å². The molecule has 0 radical (unpaired) electrons. The van der Waals surface area contributed by atoms with Crippen LogP contribution in [0.1, 0.15) is 29.8 Å². The van der Waals surface area contributed by atoms with Crippen molar-refractivity contribution >= 4 is 17.7 Å². The molecule has 0 saturated heterocycles. The highest BCUT2D eigenvalue weighted by Gasteiger charge is 2.06. The molecule has 26 heavy (non-hydrogen) atoms. The number of rotatable bonds is 6. The van der Waals surface area contributed by atoms with Gasteiger partial charge in [0.1, 0.15) is 5.76 Å². The maximum atomic E-state index is 11.2. The van der Waals surface area contributed by atoms with E-state index < -0.39 is 6.09 Å². The van der Waals surface area contributed by atoms with Crippen LogP contribution in [0.5, 0.6) is 0 Å². The first-order valence-electron chi connectivity index (χ1n) is 8.40. The van der Waals surface area contributed by atoms with E-state index in [1.54, 1.807) is 12.1 Å². The number of guanidine groups is 1. The second-order valence-corrected chi connectivity index (χ2v) is 5.61. The summed E-state index contributed by atoms with van der Waals surface area (Å²) in [6.07, 6.45) is -0.494. The minimum Gasteiger partial charge on any atom is -0.453 e. The van der Waals surface area contributed by atoms with Crippen molar-refractivity contribution in [1.29, 1.82) is 0 Å². The Kier molecular flexibility index (Phi) is 7.02. The van der Waals surface area contributed by atoms with Crippen molar-refractivity contribution in [2.75, 3.05) is 19.0 Å². The molecule has 0 saturated carbocycles. The van der Waals surface area contributed by atoms with Crippen LogP contribution in [0.3, 0.4) is 0 Å². The third kappa shape index (κ3) is 5.80. The summed E-state index contributed by atoms with van der Waals surface area (Å²) in [5.41, 5.74) is 2.58. The number of aromatic nitrogens is 1. The third-order valence-corrected chi connectivity index (χ3v) is 3.63. The molecule has 2 aromatic rings. The normalized spacial score (nSPS) is 11.2. The van der Waals surface area contributed by atoms with Crippen LogP contribution in [0.2, 0.25) is 0 Å². The molecule has 0 unspecified atom stereocenters. The summed E-state index contributed by atoms with van der Waals surface area (Å²) in [7, 11) is 1.33. The van der Waals surface area contributed by atoms with E-state index in [1.807, 2.05) is 32.9 Å². The smallest absolute Gasteiger partial charge is 0.411 e. The molecule has 1 amide bonds. The third-order valence-electron chi connectivity index (χ3n) is 3.63. The second kappa shape index (κ2) is 9.45. The number of methoxy groups -OCH3 is 1. The van der Waals surface area contributed by atoms with Gasteiger partial charge in [0, 0.05) is 12.2 Å². The monoisotopic (exact) mass is 359 g/mol. The molecule has 0 aliphatic rings. The summed E-state index contributed by atoms with van der Waals surface area (Å²) >= 11 is 0. The number of anilines is 1. The van der Waals surface area contributed by atoms with E-state index in [0.717, 1.165) is 23.6 Å². The van der Waals surface area contributed by atoms with Crippen LogP contribution in [0.25, 0.3) is 0 Å². The summed E-state index contributed by atoms with van der Waals surface area (Å²) in [6, 6.07) is 7.42. The first-order valence-corrected chi connectivity index (χ1v) is 8.40. The number of carbonyl (C=O) groups is 1. The largest absolute Gasteiger partial charge is 0.453 e. The molecule has 1 aromatic heterocycles. The van der Waals surface area contributed by atoms with E-state index in [9.17, 15) is 4.79 Å². The lowest BCUT2D eigenvalue weighted by Crippen LogP contribution is -2.36. The summed E-state index contributed by atoms with van der Waals surface area (Å²) in [5, 5.41) is 9.00. The molecule has 0 atom stereocenters. The molecule has 0 spiro atoms. The summed E-state index contributed by atoms with van der Waals surface area (Å²) in [6.45, 7) is 7.52. The van der Waals surface area contributed by atoms with E-state index in [0.29, 0.717) is 30.6 Å². The lowest BCUT2D eigenvalue weighted by Gasteiger charge is -2.10. The predicted octanol–water partition coefficient (Wildman–Crippen LogP) is 2.73. The van der Waals surface area contributed by atoms with Gasteiger partial charge >= 0.3 is 6.09 Å². The van der Waals surface area contributed by atoms with E-state index in [-0.39, 0.29) is 0 Å². The number of benzene rings is 1. The van der Waals surface area contributed by atoms with Crippen molar-refractivity contribution in [1.82, 2.24) is 15.6 Å². The van der Waals surface area contributed by atoms with Crippen LogP contribution in [0.15, 0.2) is 33.7 Å². The topological polar surface area (TPSA) is 101 Å². The number of nitrogens with one attached hydrogen (secondary N) is 3. The van der Waals surface area contributed by atoms with Crippen LogP contribution in [-0.4, -0.2) is 30.7 Å². The van der Waals surface area contributed by atoms with Gasteiger partial charge in [0.15, 0.2) is 5.96 Å². The van der Waals surface area contributed by atoms with Gasteiger partial charge in [-0.15, -0.1) is 0 Å². The number of ether oxygens (including phenoxy) is 1. The highest BCUT2D eigenvalue weighted by molar-refractivity contribution is 5.84. The Labute approximate surface area is 153 Å². The highest BCUT2D eigenvalue weighted by atomic mass is 16.5. The van der Waals surface area contributed by atoms with Crippen LogP contribution >= 0.6 is 0 Å². The Morgan fingerprint density at radius 2 is 1.96 bits per heavy atom. The van der Waals surface area contributed by atoms with Gasteiger partial charge in [0.25, 0.3) is 0 Å². The quantitative estimate of drug-likeness (QED) is 0.542. The summed E-state index contributed by atoms with van der Waals surface area (Å²) < 4.78 is 10.1. The van der Waals surface area contributed by atoms with Crippen molar-refractivity contribution in [3.05, 3.63) is 47.2 Å². The van der Waals surface area contributed by atoms with Gasteiger partial charge in [-0.25, -0.2) is 14.8 Å². The van der Waals surface area contributed by atoms with Crippen LogP contribution in [0.4, 0.5) is 10.5 Å². The number of hydrogen-bond acceptors (Lipinski definition) is 5. The standard InChI is InChI=1S/C18H25N5O3/c1-5-19-17(21-11-16-22-12(2)13(3)26-16)20-10-14-6-8-15(9-7-14)23-18(24)25-4/h6-9H,5,10-11H2,1-4H3,(H,23,24)(H2,19,20,21). The first kappa shape index (κ1) is 19.3. The highest BCUT2D eigenvalue weighted by Crippen LogP contribution is 2.11. The van der Waals surface area contributed by atoms with Gasteiger partial charge in [0.2, 0.25) is 5.89 Å². The molecular formula is C18H25N5O3. The molecule has 3 N–H and O–H groups in total. The number of oxazole rings is 1. The number of hydrogen-bond donors (Lipinski definition) is 3. The number of aliphatic imine (C=N–C) groups is 1. The number of nitrogens with zero attached hydrogens (tertiary/aromatic N) is 2. The first-order chi connectivity index (χ1) is 12.5.